The molecule has 2 aromatic carbocycles. The molecule has 0 heterocycles. The summed E-state index contributed by atoms with van der Waals surface area (Å²) in [5.41, 5.74) is 4.05. The van der Waals surface area contributed by atoms with Gasteiger partial charge >= 0.3 is 0 Å². The Hall–Kier alpha value is -1.56. The first-order chi connectivity index (χ1) is 7.90. The van der Waals surface area contributed by atoms with Crippen LogP contribution in [-0.4, -0.2) is 0 Å². The minimum atomic E-state index is 0.870. The molecule has 0 saturated heterocycles. The largest absolute Gasteiger partial charge is 0.0620 e. The summed E-state index contributed by atoms with van der Waals surface area (Å²) in [4.78, 5) is 0. The molecule has 0 amide bonds. The Morgan fingerprint density at radius 3 is 2.31 bits per heavy atom. The quantitative estimate of drug-likeness (QED) is 0.719. The van der Waals surface area contributed by atoms with Crippen molar-refractivity contribution in [3.05, 3.63) is 78.2 Å². The van der Waals surface area contributed by atoms with Crippen molar-refractivity contribution in [2.45, 2.75) is 19.3 Å². The molecule has 0 spiro atoms. The molecule has 0 aliphatic carbocycles. The Morgan fingerprint density at radius 1 is 0.875 bits per heavy atom. The molecule has 0 bridgehead atoms. The highest BCUT2D eigenvalue weighted by Crippen LogP contribution is 2.12. The molecule has 2 rings (SSSR count). The van der Waals surface area contributed by atoms with Crippen molar-refractivity contribution in [1.82, 2.24) is 0 Å². The van der Waals surface area contributed by atoms with Gasteiger partial charge in [0, 0.05) is 0 Å². The topological polar surface area (TPSA) is 0 Å². The monoisotopic (exact) mass is 208 g/mol. The summed E-state index contributed by atoms with van der Waals surface area (Å²) in [5.74, 6) is 0. The zero-order valence-corrected chi connectivity index (χ0v) is 9.45. The second kappa shape index (κ2) is 5.50. The Kier molecular flexibility index (Phi) is 3.76. The molecule has 0 fully saturated rings. The van der Waals surface area contributed by atoms with Crippen molar-refractivity contribution in [1.29, 1.82) is 0 Å². The third-order valence-corrected chi connectivity index (χ3v) is 2.82. The fraction of sp³-hybridized carbons (Fsp3) is 0.188. The van der Waals surface area contributed by atoms with Crippen molar-refractivity contribution in [2.24, 2.45) is 0 Å². The molecule has 0 atom stereocenters. The lowest BCUT2D eigenvalue weighted by Crippen LogP contribution is -1.96. The number of rotatable bonds is 4. The van der Waals surface area contributed by atoms with Crippen LogP contribution in [0.1, 0.15) is 16.7 Å². The standard InChI is InChI=1S/C16H16/c1-2-15-10-6-7-11-16(15)13-12-14-8-4-3-5-9-14/h3-8,10-11H,1-2,12-13H2. The van der Waals surface area contributed by atoms with E-state index in [9.17, 15) is 0 Å². The van der Waals surface area contributed by atoms with E-state index in [0.29, 0.717) is 0 Å². The molecule has 2 radical (unpaired) electrons. The second-order valence-corrected chi connectivity index (χ2v) is 3.91. The maximum absolute atomic E-state index is 3.96. The minimum Gasteiger partial charge on any atom is -0.0620 e. The maximum atomic E-state index is 3.96. The van der Waals surface area contributed by atoms with Gasteiger partial charge in [0.2, 0.25) is 0 Å². The summed E-state index contributed by atoms with van der Waals surface area (Å²) in [7, 11) is 0. The molecule has 2 aromatic rings. The van der Waals surface area contributed by atoms with Gasteiger partial charge in [-0.15, -0.1) is 0 Å². The van der Waals surface area contributed by atoms with Crippen LogP contribution in [0.4, 0.5) is 0 Å². The molecule has 80 valence electrons. The van der Waals surface area contributed by atoms with Crippen LogP contribution in [-0.2, 0) is 19.3 Å². The van der Waals surface area contributed by atoms with Crippen LogP contribution in [0, 0.1) is 13.0 Å². The van der Waals surface area contributed by atoms with Gasteiger partial charge in [0.25, 0.3) is 0 Å². The van der Waals surface area contributed by atoms with Gasteiger partial charge in [-0.05, 0) is 48.9 Å². The maximum Gasteiger partial charge on any atom is -0.0149 e. The number of hydrogen-bond acceptors (Lipinski definition) is 0. The predicted octanol–water partition coefficient (Wildman–Crippen LogP) is 3.65. The molecule has 0 aliphatic heterocycles. The van der Waals surface area contributed by atoms with Gasteiger partial charge < -0.3 is 0 Å². The summed E-state index contributed by atoms with van der Waals surface area (Å²) in [5, 5.41) is 0. The van der Waals surface area contributed by atoms with Crippen LogP contribution in [0.3, 0.4) is 0 Å². The molecular formula is C16H16. The Bertz CT molecular complexity index is 429. The van der Waals surface area contributed by atoms with Crippen LogP contribution < -0.4 is 0 Å². The third-order valence-electron chi connectivity index (χ3n) is 2.82. The third kappa shape index (κ3) is 2.73. The lowest BCUT2D eigenvalue weighted by molar-refractivity contribution is 0.939. The van der Waals surface area contributed by atoms with E-state index in [1.165, 1.54) is 16.7 Å². The lowest BCUT2D eigenvalue weighted by atomic mass is 9.98. The Labute approximate surface area is 97.9 Å². The summed E-state index contributed by atoms with van der Waals surface area (Å²) >= 11 is 0. The van der Waals surface area contributed by atoms with Gasteiger partial charge in [-0.2, -0.15) is 0 Å². The van der Waals surface area contributed by atoms with Crippen LogP contribution in [0.2, 0.25) is 0 Å². The Balaban J connectivity index is 2.05. The van der Waals surface area contributed by atoms with Crippen LogP contribution in [0.15, 0.2) is 48.5 Å². The molecule has 0 N–H and O–H groups in total. The van der Waals surface area contributed by atoms with Gasteiger partial charge in [0.15, 0.2) is 0 Å². The van der Waals surface area contributed by atoms with E-state index in [2.05, 4.69) is 49.4 Å². The number of hydrogen-bond donors (Lipinski definition) is 0. The van der Waals surface area contributed by atoms with Crippen molar-refractivity contribution in [3.63, 3.8) is 0 Å². The number of benzene rings is 2. The fourth-order valence-corrected chi connectivity index (χ4v) is 1.90. The Morgan fingerprint density at radius 2 is 1.62 bits per heavy atom. The smallest absolute Gasteiger partial charge is 0.0149 e. The van der Waals surface area contributed by atoms with Crippen molar-refractivity contribution in [3.8, 4) is 0 Å². The molecule has 0 saturated carbocycles. The molecule has 0 unspecified atom stereocenters. The highest BCUT2D eigenvalue weighted by Gasteiger charge is 2.00. The van der Waals surface area contributed by atoms with Crippen LogP contribution >= 0.6 is 0 Å². The SMILES string of the molecule is [CH2]Cc1ccccc1CCc1[c]cccc1. The second-order valence-electron chi connectivity index (χ2n) is 3.91. The highest BCUT2D eigenvalue weighted by atomic mass is 14.0. The van der Waals surface area contributed by atoms with E-state index < -0.39 is 0 Å². The summed E-state index contributed by atoms with van der Waals surface area (Å²) in [6.07, 6.45) is 3.00. The first kappa shape index (κ1) is 10.9. The van der Waals surface area contributed by atoms with Crippen molar-refractivity contribution >= 4 is 0 Å². The predicted molar refractivity (Wildman–Crippen MR) is 68.2 cm³/mol. The van der Waals surface area contributed by atoms with E-state index in [0.717, 1.165) is 19.3 Å². The normalized spacial score (nSPS) is 10.3. The molecule has 16 heavy (non-hydrogen) atoms. The van der Waals surface area contributed by atoms with Gasteiger partial charge in [-0.3, -0.25) is 0 Å². The average Bonchev–Trinajstić information content (AvgIpc) is 2.38. The summed E-state index contributed by atoms with van der Waals surface area (Å²) in [6, 6.07) is 20.0. The molecule has 0 nitrogen and oxygen atoms in total. The van der Waals surface area contributed by atoms with E-state index >= 15 is 0 Å². The highest BCUT2D eigenvalue weighted by molar-refractivity contribution is 5.29. The molecule has 0 aliphatic rings. The molecule has 0 heteroatoms. The molecular weight excluding hydrogens is 192 g/mol. The van der Waals surface area contributed by atoms with Gasteiger partial charge in [0.05, 0.1) is 0 Å². The van der Waals surface area contributed by atoms with Gasteiger partial charge in [-0.1, -0.05) is 48.5 Å². The van der Waals surface area contributed by atoms with E-state index in [-0.39, 0.29) is 0 Å². The first-order valence-electron chi connectivity index (χ1n) is 5.72. The zero-order valence-electron chi connectivity index (χ0n) is 9.45. The first-order valence-corrected chi connectivity index (χ1v) is 5.72. The lowest BCUT2D eigenvalue weighted by Gasteiger charge is -2.07. The van der Waals surface area contributed by atoms with E-state index in [1.54, 1.807) is 0 Å². The summed E-state index contributed by atoms with van der Waals surface area (Å²) in [6.45, 7) is 3.96. The van der Waals surface area contributed by atoms with Gasteiger partial charge in [-0.25, -0.2) is 0 Å². The number of aryl methyl sites for hydroxylation is 2. The minimum absolute atomic E-state index is 0.870. The average molecular weight is 208 g/mol. The van der Waals surface area contributed by atoms with Crippen molar-refractivity contribution < 1.29 is 0 Å². The fourth-order valence-electron chi connectivity index (χ4n) is 1.90. The summed E-state index contributed by atoms with van der Waals surface area (Å²) < 4.78 is 0. The van der Waals surface area contributed by atoms with Crippen LogP contribution in [0.5, 0.6) is 0 Å². The van der Waals surface area contributed by atoms with Gasteiger partial charge in [0.1, 0.15) is 0 Å². The van der Waals surface area contributed by atoms with Crippen molar-refractivity contribution in [2.75, 3.05) is 0 Å². The van der Waals surface area contributed by atoms with Crippen LogP contribution in [0.25, 0.3) is 0 Å². The zero-order chi connectivity index (χ0) is 11.2. The van der Waals surface area contributed by atoms with E-state index in [1.807, 2.05) is 12.1 Å². The molecule has 0 aromatic heterocycles. The van der Waals surface area contributed by atoms with E-state index in [4.69, 9.17) is 0 Å².